The van der Waals surface area contributed by atoms with Crippen LogP contribution in [0.15, 0.2) is 70.6 Å². The highest BCUT2D eigenvalue weighted by atomic mass is 16.3. The second kappa shape index (κ2) is 46.1. The number of primary amides is 1. The third kappa shape index (κ3) is 34.0. The lowest BCUT2D eigenvalue weighted by atomic mass is 10.0. The van der Waals surface area contributed by atoms with Crippen LogP contribution < -0.4 is 110 Å². The van der Waals surface area contributed by atoms with Gasteiger partial charge in [-0.05, 0) is 116 Å². The third-order valence-electron chi connectivity index (χ3n) is 14.6. The molecule has 0 spiro atoms. The molecular weight excluding hydrogens is 1280 g/mol. The summed E-state index contributed by atoms with van der Waals surface area (Å²) in [5.74, 6) is -12.1. The van der Waals surface area contributed by atoms with Crippen molar-refractivity contribution in [3.05, 3.63) is 71.8 Å². The zero-order chi connectivity index (χ0) is 73.3. The van der Waals surface area contributed by atoms with Gasteiger partial charge in [0.25, 0.3) is 0 Å². The van der Waals surface area contributed by atoms with Gasteiger partial charge in [-0.2, -0.15) is 0 Å². The zero-order valence-corrected chi connectivity index (χ0v) is 55.5. The first kappa shape index (κ1) is 84.0. The van der Waals surface area contributed by atoms with E-state index in [2.05, 4.69) is 73.8 Å². The van der Waals surface area contributed by atoms with Gasteiger partial charge in [0.15, 0.2) is 11.9 Å². The third-order valence-corrected chi connectivity index (χ3v) is 14.6. The van der Waals surface area contributed by atoms with Gasteiger partial charge in [0, 0.05) is 19.5 Å². The molecule has 0 saturated heterocycles. The summed E-state index contributed by atoms with van der Waals surface area (Å²) in [6.45, 7) is 1.22. The van der Waals surface area contributed by atoms with Crippen LogP contribution in [0.5, 0.6) is 0 Å². The topological polar surface area (TPSA) is 640 Å². The molecular formula is C61H100N22O15. The van der Waals surface area contributed by atoms with E-state index in [1.165, 1.54) is 20.8 Å². The molecule has 0 fully saturated rings. The van der Waals surface area contributed by atoms with Gasteiger partial charge in [-0.15, -0.1) is 0 Å². The summed E-state index contributed by atoms with van der Waals surface area (Å²) in [6, 6.07) is 3.43. The van der Waals surface area contributed by atoms with Crippen LogP contribution in [0.25, 0.3) is 0 Å². The van der Waals surface area contributed by atoms with Gasteiger partial charge < -0.3 is 120 Å². The standard InChI is InChI=1S/C61H100N22O15/c1-34(75-47(87)32-74-59(98)49(36(3)85)83-57(96)44(29-38-18-8-5-9-19-38)77-48(88)31-72-46(86)30-73-53(92)39(64)28-37-16-6-4-7-17-37)51(90)79-43(23-15-27-71-61(68)69)55(94)81-41(21-11-13-25-63)56(95)82-45(33-84)58(97)76-35(2)52(91)80-42(22-14-26-70-60(66)67)54(93)78-40(50(65)89)20-10-12-24-62/h4-9,16-19,34-36,39-45,49,84-85H,10-15,20-33,62-64H2,1-3H3,(H2,65,89)(H,72,86)(H,73,92)(H,74,98)(H,75,87)(H,76,97)(H,77,88)(H,78,93)(H,79,90)(H,80,91)(H,81,94)(H,82,95)(H,83,96)(H4,66,67,70)(H4,68,69,71)/t34-,35-,36+,39-,40-,41-,42+,43-,44-,45-,49-/m0/s1. The van der Waals surface area contributed by atoms with Crippen LogP contribution in [0.2, 0.25) is 0 Å². The van der Waals surface area contributed by atoms with E-state index in [9.17, 15) is 72.5 Å². The molecule has 0 aliphatic heterocycles. The van der Waals surface area contributed by atoms with Crippen molar-refractivity contribution in [3.63, 3.8) is 0 Å². The summed E-state index contributed by atoms with van der Waals surface area (Å²) in [4.78, 5) is 181. The van der Waals surface area contributed by atoms with E-state index >= 15 is 0 Å². The molecule has 11 atom stereocenters. The van der Waals surface area contributed by atoms with E-state index in [0.717, 1.165) is 5.56 Å². The first-order chi connectivity index (χ1) is 46.5. The van der Waals surface area contributed by atoms with Crippen molar-refractivity contribution in [2.75, 3.05) is 52.4 Å². The Balaban J connectivity index is 2.18. The summed E-state index contributed by atoms with van der Waals surface area (Å²) in [6.07, 6.45) is 0.241. The summed E-state index contributed by atoms with van der Waals surface area (Å²) in [5, 5.41) is 50.1. The van der Waals surface area contributed by atoms with E-state index in [1.54, 1.807) is 60.7 Å². The van der Waals surface area contributed by atoms with Crippen molar-refractivity contribution in [1.29, 1.82) is 0 Å². The van der Waals surface area contributed by atoms with Crippen LogP contribution in [-0.4, -0.2) is 218 Å². The molecule has 13 amide bonds. The number of nitrogens with two attached hydrogens (primary N) is 8. The number of benzene rings is 2. The molecule has 2 aromatic rings. The van der Waals surface area contributed by atoms with Crippen molar-refractivity contribution >= 4 is 88.7 Å². The minimum absolute atomic E-state index is 0.0249. The van der Waals surface area contributed by atoms with Crippen molar-refractivity contribution in [1.82, 2.24) is 63.8 Å². The minimum atomic E-state index is -1.73. The Morgan fingerprint density at radius 1 is 0.408 bits per heavy atom. The lowest BCUT2D eigenvalue weighted by Crippen LogP contribution is -2.60. The number of hydrogen-bond acceptors (Lipinski definition) is 20. The molecule has 37 nitrogen and oxygen atoms in total. The fourth-order valence-electron chi connectivity index (χ4n) is 9.17. The Morgan fingerprint density at radius 3 is 1.27 bits per heavy atom. The lowest BCUT2D eigenvalue weighted by molar-refractivity contribution is -0.136. The number of hydrogen-bond donors (Lipinski definition) is 22. The summed E-state index contributed by atoms with van der Waals surface area (Å²) >= 11 is 0. The molecule has 0 bridgehead atoms. The zero-order valence-electron chi connectivity index (χ0n) is 55.5. The van der Waals surface area contributed by atoms with Gasteiger partial charge in [-0.1, -0.05) is 60.7 Å². The number of aliphatic hydroxyl groups excluding tert-OH is 2. The molecule has 30 N–H and O–H groups in total. The highest BCUT2D eigenvalue weighted by Gasteiger charge is 2.34. The average molecular weight is 1380 g/mol. The number of carbonyl (C=O) groups is 13. The molecule has 2 aromatic carbocycles. The maximum absolute atomic E-state index is 14.1. The molecule has 37 heteroatoms. The quantitative estimate of drug-likeness (QED) is 0.0166. The predicted octanol–water partition coefficient (Wildman–Crippen LogP) is -9.23. The summed E-state index contributed by atoms with van der Waals surface area (Å²) in [7, 11) is 0. The van der Waals surface area contributed by atoms with Crippen molar-refractivity contribution < 1.29 is 72.5 Å². The lowest BCUT2D eigenvalue weighted by Gasteiger charge is -2.26. The molecule has 0 aliphatic rings. The molecule has 0 radical (unpaired) electrons. The van der Waals surface area contributed by atoms with Gasteiger partial charge in [-0.25, -0.2) is 0 Å². The second-order valence-corrected chi connectivity index (χ2v) is 22.9. The van der Waals surface area contributed by atoms with E-state index in [-0.39, 0.29) is 89.3 Å². The normalized spacial score (nSPS) is 14.2. The number of nitrogens with one attached hydrogen (secondary N) is 12. The van der Waals surface area contributed by atoms with E-state index in [1.807, 2.05) is 0 Å². The van der Waals surface area contributed by atoms with Gasteiger partial charge >= 0.3 is 0 Å². The summed E-state index contributed by atoms with van der Waals surface area (Å²) in [5.41, 5.74) is 46.0. The minimum Gasteiger partial charge on any atom is -0.394 e. The highest BCUT2D eigenvalue weighted by molar-refractivity contribution is 5.99. The Morgan fingerprint density at radius 2 is 0.796 bits per heavy atom. The molecule has 98 heavy (non-hydrogen) atoms. The van der Waals surface area contributed by atoms with Crippen LogP contribution in [0, 0.1) is 0 Å². The summed E-state index contributed by atoms with van der Waals surface area (Å²) < 4.78 is 0. The fraction of sp³-hybridized carbons (Fsp3) is 0.557. The smallest absolute Gasteiger partial charge is 0.245 e. The molecule has 2 rings (SSSR count). The molecule has 0 saturated carbocycles. The first-order valence-corrected chi connectivity index (χ1v) is 32.0. The fourth-order valence-corrected chi connectivity index (χ4v) is 9.17. The molecule has 0 heterocycles. The molecule has 0 aliphatic carbocycles. The number of aliphatic hydroxyl groups is 2. The molecule has 544 valence electrons. The Hall–Kier alpha value is -10.1. The second-order valence-electron chi connectivity index (χ2n) is 22.9. The van der Waals surface area contributed by atoms with Crippen LogP contribution in [0.4, 0.5) is 0 Å². The van der Waals surface area contributed by atoms with Gasteiger partial charge in [0.05, 0.1) is 38.4 Å². The molecule has 0 unspecified atom stereocenters. The highest BCUT2D eigenvalue weighted by Crippen LogP contribution is 2.10. The van der Waals surface area contributed by atoms with Crippen LogP contribution in [0.1, 0.15) is 96.1 Å². The number of nitrogens with zero attached hydrogens (tertiary/aromatic N) is 2. The van der Waals surface area contributed by atoms with Crippen LogP contribution in [0.3, 0.4) is 0 Å². The van der Waals surface area contributed by atoms with Crippen LogP contribution >= 0.6 is 0 Å². The Bertz CT molecular complexity index is 2990. The number of amides is 13. The van der Waals surface area contributed by atoms with E-state index in [0.29, 0.717) is 31.4 Å². The van der Waals surface area contributed by atoms with Crippen molar-refractivity contribution in [3.8, 4) is 0 Å². The Labute approximate surface area is 567 Å². The number of guanidine groups is 2. The van der Waals surface area contributed by atoms with Gasteiger partial charge in [0.2, 0.25) is 76.8 Å². The SMILES string of the molecule is C[C@H](NC(=O)CNC(=O)[C@@H](NC(=O)[C@H](Cc1ccccc1)NC(=O)CNC(=O)CNC(=O)[C@@H](N)Cc1ccccc1)[C@@H](C)O)C(=O)N[C@@H](CCCN=C(N)N)C(=O)N[C@@H](CCCCN)C(=O)N[C@@H](CO)C(=O)N[C@@H](C)C(=O)N[C@H](CCCN=C(N)N)C(=O)N[C@@H](CCCCN)C(N)=O. The number of unbranched alkanes of at least 4 members (excludes halogenated alkanes) is 2. The number of carbonyl (C=O) groups excluding carboxylic acids is 13. The predicted molar refractivity (Wildman–Crippen MR) is 360 cm³/mol. The Kier molecular flexibility index (Phi) is 39.5. The van der Waals surface area contributed by atoms with E-state index in [4.69, 9.17) is 45.9 Å². The van der Waals surface area contributed by atoms with Crippen molar-refractivity contribution in [2.24, 2.45) is 55.9 Å². The van der Waals surface area contributed by atoms with Gasteiger partial charge in [0.1, 0.15) is 54.4 Å². The van der Waals surface area contributed by atoms with Crippen molar-refractivity contribution in [2.45, 2.75) is 164 Å². The average Bonchev–Trinajstić information content (AvgIpc) is 0.887. The first-order valence-electron chi connectivity index (χ1n) is 32.0. The maximum Gasteiger partial charge on any atom is 0.245 e. The largest absolute Gasteiger partial charge is 0.394 e. The molecule has 0 aromatic heterocycles. The maximum atomic E-state index is 14.1. The number of aliphatic imine (C=N–C) groups is 2. The monoisotopic (exact) mass is 1380 g/mol. The van der Waals surface area contributed by atoms with Gasteiger partial charge in [-0.3, -0.25) is 72.3 Å². The van der Waals surface area contributed by atoms with Crippen LogP contribution in [-0.2, 0) is 75.2 Å². The van der Waals surface area contributed by atoms with E-state index < -0.39 is 170 Å². The number of rotatable bonds is 47.